The van der Waals surface area contributed by atoms with Crippen LogP contribution in [0.15, 0.2) is 41.2 Å². The van der Waals surface area contributed by atoms with Crippen molar-refractivity contribution >= 4 is 22.8 Å². The van der Waals surface area contributed by atoms with E-state index in [-0.39, 0.29) is 18.4 Å². The number of aromatic nitrogens is 3. The summed E-state index contributed by atoms with van der Waals surface area (Å²) in [5.41, 5.74) is 2.19. The molecule has 152 valence electrons. The first-order valence-electron chi connectivity index (χ1n) is 9.71. The monoisotopic (exact) mass is 396 g/mol. The first-order chi connectivity index (χ1) is 14.1. The number of benzene rings is 1. The molecule has 0 bridgehead atoms. The number of carbonyl (C=O) groups excluding carboxylic acids is 2. The van der Waals surface area contributed by atoms with Crippen molar-refractivity contribution in [2.24, 2.45) is 0 Å². The third-order valence-corrected chi connectivity index (χ3v) is 5.10. The summed E-state index contributed by atoms with van der Waals surface area (Å²) in [6.45, 7) is 6.16. The van der Waals surface area contributed by atoms with Crippen LogP contribution in [-0.4, -0.2) is 75.6 Å². The van der Waals surface area contributed by atoms with Gasteiger partial charge in [-0.2, -0.15) is 0 Å². The number of nitrogens with one attached hydrogen (secondary N) is 1. The molecular formula is C20H24N6O3. The van der Waals surface area contributed by atoms with Gasteiger partial charge in [-0.25, -0.2) is 4.98 Å². The molecule has 0 saturated carbocycles. The second kappa shape index (κ2) is 8.44. The Hall–Kier alpha value is -3.20. The van der Waals surface area contributed by atoms with Gasteiger partial charge in [0.05, 0.1) is 17.4 Å². The molecule has 0 atom stereocenters. The Morgan fingerprint density at radius 3 is 2.72 bits per heavy atom. The highest BCUT2D eigenvalue weighted by Gasteiger charge is 2.24. The zero-order valence-electron chi connectivity index (χ0n) is 16.4. The van der Waals surface area contributed by atoms with Crippen molar-refractivity contribution in [1.29, 1.82) is 0 Å². The van der Waals surface area contributed by atoms with E-state index in [1.54, 1.807) is 24.2 Å². The number of imidazole rings is 1. The number of hydrogen-bond acceptors (Lipinski definition) is 6. The van der Waals surface area contributed by atoms with E-state index >= 15 is 0 Å². The number of hydrogen-bond donors (Lipinski definition) is 1. The summed E-state index contributed by atoms with van der Waals surface area (Å²) in [7, 11) is 0. The average molecular weight is 396 g/mol. The summed E-state index contributed by atoms with van der Waals surface area (Å²) in [4.78, 5) is 33.0. The highest BCUT2D eigenvalue weighted by Crippen LogP contribution is 2.11. The fourth-order valence-electron chi connectivity index (χ4n) is 3.50. The van der Waals surface area contributed by atoms with Crippen LogP contribution in [-0.2, 0) is 11.3 Å². The first kappa shape index (κ1) is 19.1. The average Bonchev–Trinajstić information content (AvgIpc) is 3.35. The SMILES string of the molecule is Cc1cc(C(=O)N2CCN(CCNC(=O)Cn3cnc4ccccc43)CC2)no1. The quantitative estimate of drug-likeness (QED) is 0.665. The molecule has 0 aliphatic carbocycles. The first-order valence-corrected chi connectivity index (χ1v) is 9.71. The smallest absolute Gasteiger partial charge is 0.276 e. The minimum atomic E-state index is -0.0950. The number of para-hydroxylation sites is 2. The molecule has 0 spiro atoms. The molecular weight excluding hydrogens is 372 g/mol. The fraction of sp³-hybridized carbons (Fsp3) is 0.400. The van der Waals surface area contributed by atoms with Gasteiger partial charge < -0.3 is 19.3 Å². The highest BCUT2D eigenvalue weighted by atomic mass is 16.5. The Balaban J connectivity index is 1.19. The summed E-state index contributed by atoms with van der Waals surface area (Å²) in [6.07, 6.45) is 1.69. The molecule has 9 nitrogen and oxygen atoms in total. The lowest BCUT2D eigenvalue weighted by Gasteiger charge is -2.34. The van der Waals surface area contributed by atoms with Gasteiger partial charge in [-0.05, 0) is 19.1 Å². The molecule has 1 aromatic carbocycles. The van der Waals surface area contributed by atoms with Gasteiger partial charge in [-0.3, -0.25) is 14.5 Å². The van der Waals surface area contributed by atoms with Crippen LogP contribution in [0.25, 0.3) is 11.0 Å². The van der Waals surface area contributed by atoms with Gasteiger partial charge in [-0.1, -0.05) is 17.3 Å². The molecule has 1 aliphatic heterocycles. The van der Waals surface area contributed by atoms with Gasteiger partial charge in [0, 0.05) is 45.3 Å². The number of carbonyl (C=O) groups is 2. The predicted octanol–water partition coefficient (Wildman–Crippen LogP) is 0.907. The highest BCUT2D eigenvalue weighted by molar-refractivity contribution is 5.92. The van der Waals surface area contributed by atoms with Gasteiger partial charge in [0.1, 0.15) is 12.3 Å². The molecule has 1 N–H and O–H groups in total. The number of amides is 2. The van der Waals surface area contributed by atoms with Crippen LogP contribution in [0.4, 0.5) is 0 Å². The zero-order valence-corrected chi connectivity index (χ0v) is 16.4. The summed E-state index contributed by atoms with van der Waals surface area (Å²) in [5.74, 6) is 0.497. The molecule has 1 fully saturated rings. The van der Waals surface area contributed by atoms with E-state index < -0.39 is 0 Å². The van der Waals surface area contributed by atoms with E-state index in [9.17, 15) is 9.59 Å². The minimum absolute atomic E-state index is 0.0385. The van der Waals surface area contributed by atoms with Crippen LogP contribution in [0.3, 0.4) is 0 Å². The van der Waals surface area contributed by atoms with Gasteiger partial charge in [0.15, 0.2) is 5.69 Å². The third-order valence-electron chi connectivity index (χ3n) is 5.10. The van der Waals surface area contributed by atoms with Crippen molar-refractivity contribution in [2.45, 2.75) is 13.5 Å². The molecule has 3 aromatic rings. The van der Waals surface area contributed by atoms with Crippen molar-refractivity contribution in [2.75, 3.05) is 39.3 Å². The van der Waals surface area contributed by atoms with Crippen molar-refractivity contribution in [3.8, 4) is 0 Å². The molecule has 2 aromatic heterocycles. The van der Waals surface area contributed by atoms with Gasteiger partial charge >= 0.3 is 0 Å². The lowest BCUT2D eigenvalue weighted by atomic mass is 10.2. The van der Waals surface area contributed by atoms with E-state index in [1.807, 2.05) is 28.8 Å². The van der Waals surface area contributed by atoms with Crippen molar-refractivity contribution in [1.82, 2.24) is 29.8 Å². The molecule has 4 rings (SSSR count). The molecule has 3 heterocycles. The van der Waals surface area contributed by atoms with E-state index in [0.717, 1.165) is 30.7 Å². The second-order valence-electron chi connectivity index (χ2n) is 7.17. The largest absolute Gasteiger partial charge is 0.361 e. The van der Waals surface area contributed by atoms with Crippen LogP contribution in [0, 0.1) is 6.92 Å². The number of fused-ring (bicyclic) bond motifs is 1. The summed E-state index contributed by atoms with van der Waals surface area (Å²) >= 11 is 0. The zero-order chi connectivity index (χ0) is 20.2. The van der Waals surface area contributed by atoms with Crippen LogP contribution < -0.4 is 5.32 Å². The maximum Gasteiger partial charge on any atom is 0.276 e. The Morgan fingerprint density at radius 2 is 1.97 bits per heavy atom. The Kier molecular flexibility index (Phi) is 5.57. The summed E-state index contributed by atoms with van der Waals surface area (Å²) < 4.78 is 6.83. The predicted molar refractivity (Wildman–Crippen MR) is 106 cm³/mol. The molecule has 0 radical (unpaired) electrons. The van der Waals surface area contributed by atoms with Gasteiger partial charge in [0.25, 0.3) is 5.91 Å². The van der Waals surface area contributed by atoms with Gasteiger partial charge in [-0.15, -0.1) is 0 Å². The normalized spacial score (nSPS) is 15.0. The van der Waals surface area contributed by atoms with Gasteiger partial charge in [0.2, 0.25) is 5.91 Å². The maximum atomic E-state index is 12.4. The standard InChI is InChI=1S/C20H24N6O3/c1-15-12-17(23-29-15)20(28)25-10-8-24(9-11-25)7-6-21-19(27)13-26-14-22-16-4-2-3-5-18(16)26/h2-5,12,14H,6-11,13H2,1H3,(H,21,27). The number of aryl methyl sites for hydroxylation is 1. The van der Waals surface area contributed by atoms with E-state index in [4.69, 9.17) is 4.52 Å². The maximum absolute atomic E-state index is 12.4. The molecule has 2 amide bonds. The van der Waals surface area contributed by atoms with E-state index in [1.165, 1.54) is 0 Å². The summed E-state index contributed by atoms with van der Waals surface area (Å²) in [6, 6.07) is 9.41. The second-order valence-corrected chi connectivity index (χ2v) is 7.17. The molecule has 1 aliphatic rings. The van der Waals surface area contributed by atoms with E-state index in [2.05, 4.69) is 20.4 Å². The van der Waals surface area contributed by atoms with E-state index in [0.29, 0.717) is 31.1 Å². The van der Waals surface area contributed by atoms with Crippen molar-refractivity contribution in [3.05, 3.63) is 48.1 Å². The Bertz CT molecular complexity index is 1000. The molecule has 0 unspecified atom stereocenters. The summed E-state index contributed by atoms with van der Waals surface area (Å²) in [5, 5.41) is 6.76. The lowest BCUT2D eigenvalue weighted by Crippen LogP contribution is -2.50. The Labute approximate surface area is 168 Å². The fourth-order valence-corrected chi connectivity index (χ4v) is 3.50. The third kappa shape index (κ3) is 4.45. The van der Waals surface area contributed by atoms with Crippen LogP contribution in [0.2, 0.25) is 0 Å². The van der Waals surface area contributed by atoms with Crippen LogP contribution in [0.5, 0.6) is 0 Å². The van der Waals surface area contributed by atoms with Crippen molar-refractivity contribution < 1.29 is 14.1 Å². The number of piperazine rings is 1. The molecule has 9 heteroatoms. The lowest BCUT2D eigenvalue weighted by molar-refractivity contribution is -0.121. The minimum Gasteiger partial charge on any atom is -0.361 e. The van der Waals surface area contributed by atoms with Crippen molar-refractivity contribution in [3.63, 3.8) is 0 Å². The van der Waals surface area contributed by atoms with Crippen LogP contribution >= 0.6 is 0 Å². The Morgan fingerprint density at radius 1 is 1.17 bits per heavy atom. The molecule has 29 heavy (non-hydrogen) atoms. The molecule has 1 saturated heterocycles. The topological polar surface area (TPSA) is 96.5 Å². The number of rotatable bonds is 6. The van der Waals surface area contributed by atoms with Crippen LogP contribution in [0.1, 0.15) is 16.2 Å². The number of nitrogens with zero attached hydrogens (tertiary/aromatic N) is 5.